The van der Waals surface area contributed by atoms with Gasteiger partial charge in [0.1, 0.15) is 0 Å². The molecule has 4 heteroatoms. The van der Waals surface area contributed by atoms with Crippen LogP contribution < -0.4 is 9.83 Å². The smallest absolute Gasteiger partial charge is 0.250 e. The molecular formula is C30H46NdO2P+. The molecule has 1 atom stereocenters. The number of hydrogen-bond acceptors (Lipinski definition) is 2. The van der Waals surface area contributed by atoms with Gasteiger partial charge in [-0.2, -0.15) is 0 Å². The fraction of sp³-hybridized carbons (Fsp3) is 0.600. The maximum Gasteiger partial charge on any atom is 0.597 e. The van der Waals surface area contributed by atoms with E-state index < -0.39 is 8.03 Å². The van der Waals surface area contributed by atoms with E-state index >= 15 is 0 Å². The maximum atomic E-state index is 12.6. The number of benzene rings is 2. The predicted molar refractivity (Wildman–Crippen MR) is 144 cm³/mol. The molecule has 0 saturated carbocycles. The number of rotatable bonds is 19. The van der Waals surface area contributed by atoms with Gasteiger partial charge in [0.2, 0.25) is 5.30 Å². The molecule has 0 aromatic heterocycles. The van der Waals surface area contributed by atoms with E-state index in [0.717, 1.165) is 18.1 Å². The molecule has 1 unspecified atom stereocenters. The first kappa shape index (κ1) is 31.7. The molecule has 2 aromatic rings. The van der Waals surface area contributed by atoms with E-state index in [1.807, 2.05) is 24.3 Å². The van der Waals surface area contributed by atoms with Gasteiger partial charge < -0.3 is 0 Å². The zero-order valence-electron chi connectivity index (χ0n) is 21.7. The van der Waals surface area contributed by atoms with Crippen LogP contribution in [0.4, 0.5) is 0 Å². The largest absolute Gasteiger partial charge is 0.597 e. The first-order valence-electron chi connectivity index (χ1n) is 13.6. The van der Waals surface area contributed by atoms with Gasteiger partial charge in [0.05, 0.1) is 0 Å². The molecule has 0 heterocycles. The Morgan fingerprint density at radius 3 is 1.38 bits per heavy atom. The fourth-order valence-corrected chi connectivity index (χ4v) is 5.03. The van der Waals surface area contributed by atoms with Crippen molar-refractivity contribution in [1.29, 1.82) is 0 Å². The van der Waals surface area contributed by atoms with E-state index in [2.05, 4.69) is 38.1 Å². The SMILES string of the molecule is CCCCCCCCCc1ccc(O[P+](=O)c2ccc(CCCCCCCCC)cc2)cc1.[Nd]. The van der Waals surface area contributed by atoms with Gasteiger partial charge in [-0.05, 0) is 65.6 Å². The Labute approximate surface area is 243 Å². The summed E-state index contributed by atoms with van der Waals surface area (Å²) < 4.78 is 18.4. The molecule has 0 bridgehead atoms. The summed E-state index contributed by atoms with van der Waals surface area (Å²) >= 11 is 0. The van der Waals surface area contributed by atoms with Crippen molar-refractivity contribution in [2.45, 2.75) is 117 Å². The second-order valence-electron chi connectivity index (χ2n) is 9.40. The quantitative estimate of drug-likeness (QED) is 0.116. The number of aryl methyl sites for hydroxylation is 2. The van der Waals surface area contributed by atoms with Gasteiger partial charge in [0.25, 0.3) is 0 Å². The summed E-state index contributed by atoms with van der Waals surface area (Å²) in [6, 6.07) is 16.3. The molecule has 0 fully saturated rings. The van der Waals surface area contributed by atoms with E-state index in [4.69, 9.17) is 4.52 Å². The minimum Gasteiger partial charge on any atom is -0.250 e. The number of hydrogen-bond donors (Lipinski definition) is 0. The van der Waals surface area contributed by atoms with Crippen LogP contribution in [-0.4, -0.2) is 0 Å². The molecule has 186 valence electrons. The van der Waals surface area contributed by atoms with Crippen LogP contribution in [0.3, 0.4) is 0 Å². The molecule has 0 spiro atoms. The first-order valence-corrected chi connectivity index (χ1v) is 14.7. The van der Waals surface area contributed by atoms with Crippen LogP contribution in [0.5, 0.6) is 5.75 Å². The van der Waals surface area contributed by atoms with Crippen LogP contribution in [-0.2, 0) is 17.4 Å². The van der Waals surface area contributed by atoms with E-state index in [9.17, 15) is 4.57 Å². The standard InChI is InChI=1S/C30H46O2P.Nd/c1-3-5-7-9-11-13-15-17-27-19-23-29(24-20-27)32-33(31)30-25-21-28(22-26-30)18-16-14-12-10-8-6-4-2;/h19-26H,3-18H2,1-2H3;/q+1;. The topological polar surface area (TPSA) is 26.3 Å². The van der Waals surface area contributed by atoms with Crippen LogP contribution >= 0.6 is 8.03 Å². The third-order valence-electron chi connectivity index (χ3n) is 6.40. The molecule has 0 radical (unpaired) electrons. The minimum atomic E-state index is -1.87. The molecule has 34 heavy (non-hydrogen) atoms. The summed E-state index contributed by atoms with van der Waals surface area (Å²) in [7, 11) is -1.87. The molecule has 0 aliphatic carbocycles. The molecule has 0 aliphatic rings. The van der Waals surface area contributed by atoms with Crippen molar-refractivity contribution in [2.75, 3.05) is 0 Å². The molecule has 2 nitrogen and oxygen atoms in total. The van der Waals surface area contributed by atoms with Gasteiger partial charge in [0.15, 0.2) is 5.75 Å². The van der Waals surface area contributed by atoms with E-state index in [-0.39, 0.29) is 40.8 Å². The van der Waals surface area contributed by atoms with Gasteiger partial charge in [-0.3, -0.25) is 4.52 Å². The van der Waals surface area contributed by atoms with Crippen molar-refractivity contribution in [3.63, 3.8) is 0 Å². The van der Waals surface area contributed by atoms with Crippen molar-refractivity contribution in [2.24, 2.45) is 0 Å². The van der Waals surface area contributed by atoms with Crippen LogP contribution in [0.25, 0.3) is 0 Å². The van der Waals surface area contributed by atoms with Crippen molar-refractivity contribution >= 4 is 13.3 Å². The normalized spacial score (nSPS) is 11.2. The summed E-state index contributed by atoms with van der Waals surface area (Å²) in [6.07, 6.45) is 20.8. The van der Waals surface area contributed by atoms with Crippen molar-refractivity contribution in [1.82, 2.24) is 0 Å². The van der Waals surface area contributed by atoms with Crippen molar-refractivity contribution < 1.29 is 49.9 Å². The maximum absolute atomic E-state index is 12.6. The fourth-order valence-electron chi connectivity index (χ4n) is 4.22. The van der Waals surface area contributed by atoms with Gasteiger partial charge in [-0.15, -0.1) is 0 Å². The third kappa shape index (κ3) is 14.3. The summed E-state index contributed by atoms with van der Waals surface area (Å²) in [4.78, 5) is 0. The Hall–Kier alpha value is -0.309. The molecule has 2 rings (SSSR count). The molecule has 0 saturated heterocycles. The van der Waals surface area contributed by atoms with Crippen LogP contribution in [0.1, 0.15) is 115 Å². The summed E-state index contributed by atoms with van der Waals surface area (Å²) in [5.74, 6) is 0.687. The Kier molecular flexibility index (Phi) is 19.4. The second kappa shape index (κ2) is 20.8. The molecule has 0 aliphatic heterocycles. The zero-order valence-corrected chi connectivity index (χ0v) is 25.8. The van der Waals surface area contributed by atoms with Gasteiger partial charge in [-0.25, -0.2) is 0 Å². The molecule has 0 amide bonds. The van der Waals surface area contributed by atoms with Crippen LogP contribution in [0, 0.1) is 40.8 Å². The predicted octanol–water partition coefficient (Wildman–Crippen LogP) is 9.72. The van der Waals surface area contributed by atoms with Crippen molar-refractivity contribution in [3.05, 3.63) is 59.7 Å². The number of unbranched alkanes of at least 4 members (excludes halogenated alkanes) is 12. The van der Waals surface area contributed by atoms with Crippen LogP contribution in [0.2, 0.25) is 0 Å². The Bertz CT molecular complexity index is 758. The molecule has 2 aromatic carbocycles. The monoisotopic (exact) mass is 611 g/mol. The summed E-state index contributed by atoms with van der Waals surface area (Å²) in [6.45, 7) is 4.52. The molecule has 0 N–H and O–H groups in total. The first-order chi connectivity index (χ1) is 16.2. The van der Waals surface area contributed by atoms with E-state index in [0.29, 0.717) is 5.75 Å². The average molecular weight is 614 g/mol. The summed E-state index contributed by atoms with van der Waals surface area (Å²) in [5.41, 5.74) is 2.66. The van der Waals surface area contributed by atoms with E-state index in [1.54, 1.807) is 0 Å². The van der Waals surface area contributed by atoms with Crippen LogP contribution in [0.15, 0.2) is 48.5 Å². The second-order valence-corrected chi connectivity index (χ2v) is 10.6. The Morgan fingerprint density at radius 2 is 0.941 bits per heavy atom. The minimum absolute atomic E-state index is 0. The Morgan fingerprint density at radius 1 is 0.559 bits per heavy atom. The van der Waals surface area contributed by atoms with Gasteiger partial charge in [0, 0.05) is 40.8 Å². The Balaban J connectivity index is 0.00000578. The van der Waals surface area contributed by atoms with E-state index in [1.165, 1.54) is 101 Å². The summed E-state index contributed by atoms with van der Waals surface area (Å²) in [5, 5.41) is 0.764. The van der Waals surface area contributed by atoms with Gasteiger partial charge >= 0.3 is 8.03 Å². The zero-order chi connectivity index (χ0) is 23.6. The van der Waals surface area contributed by atoms with Crippen molar-refractivity contribution in [3.8, 4) is 5.75 Å². The molecular weight excluding hydrogens is 568 g/mol. The average Bonchev–Trinajstić information content (AvgIpc) is 2.84. The third-order valence-corrected chi connectivity index (χ3v) is 7.49. The van der Waals surface area contributed by atoms with Gasteiger partial charge in [-0.1, -0.05) is 115 Å².